The lowest BCUT2D eigenvalue weighted by molar-refractivity contribution is 0.0962. The number of aryl methyl sites for hydroxylation is 1. The first-order chi connectivity index (χ1) is 11.6. The number of hydrogen-bond acceptors (Lipinski definition) is 4. The Labute approximate surface area is 148 Å². The van der Waals surface area contributed by atoms with Crippen molar-refractivity contribution in [2.75, 3.05) is 0 Å². The number of rotatable bonds is 6. The molecule has 0 amide bonds. The highest BCUT2D eigenvalue weighted by molar-refractivity contribution is 7.90. The molecule has 2 rings (SSSR count). The molecule has 0 bridgehead atoms. The molecule has 1 aromatic heterocycles. The molecule has 8 heteroatoms. The SMILES string of the molecule is Cn1nccc1C(=O)CC(N[S+]([O-])C(C)(C)C)c1ccc(F)cc1F. The number of Topliss-reactive ketones (excluding diaryl/α,β-unsaturated/α-hetero) is 1. The number of aromatic nitrogens is 2. The molecule has 25 heavy (non-hydrogen) atoms. The number of nitrogens with one attached hydrogen (secondary N) is 1. The third kappa shape index (κ3) is 4.87. The molecule has 1 N–H and O–H groups in total. The van der Waals surface area contributed by atoms with Crippen molar-refractivity contribution in [3.8, 4) is 0 Å². The summed E-state index contributed by atoms with van der Waals surface area (Å²) in [6.07, 6.45) is 1.35. The van der Waals surface area contributed by atoms with E-state index in [1.165, 1.54) is 16.9 Å². The lowest BCUT2D eigenvalue weighted by Crippen LogP contribution is -2.42. The molecule has 0 spiro atoms. The summed E-state index contributed by atoms with van der Waals surface area (Å²) in [5, 5.41) is 3.94. The van der Waals surface area contributed by atoms with E-state index in [0.717, 1.165) is 12.1 Å². The number of benzene rings is 1. The van der Waals surface area contributed by atoms with E-state index in [4.69, 9.17) is 0 Å². The van der Waals surface area contributed by atoms with Gasteiger partial charge in [0, 0.05) is 42.7 Å². The summed E-state index contributed by atoms with van der Waals surface area (Å²) in [7, 11) is 1.63. The third-order valence-electron chi connectivity index (χ3n) is 3.64. The molecule has 2 aromatic rings. The zero-order valence-corrected chi connectivity index (χ0v) is 15.4. The first kappa shape index (κ1) is 19.6. The Morgan fingerprint density at radius 1 is 1.36 bits per heavy atom. The van der Waals surface area contributed by atoms with Gasteiger partial charge < -0.3 is 4.55 Å². The standard InChI is InChI=1S/C17H21F2N3O2S/c1-17(2,3)25(24)21-14(12-6-5-11(18)9-13(12)19)10-16(23)15-7-8-20-22(15)4/h5-9,14,21H,10H2,1-4H3. The van der Waals surface area contributed by atoms with Gasteiger partial charge in [0.25, 0.3) is 0 Å². The number of nitrogens with zero attached hydrogens (tertiary/aromatic N) is 2. The summed E-state index contributed by atoms with van der Waals surface area (Å²) >= 11 is -1.54. The number of carbonyl (C=O) groups excluding carboxylic acids is 1. The Morgan fingerprint density at radius 3 is 2.56 bits per heavy atom. The molecule has 0 aliphatic carbocycles. The van der Waals surface area contributed by atoms with E-state index in [-0.39, 0.29) is 17.8 Å². The molecule has 1 aromatic carbocycles. The fourth-order valence-electron chi connectivity index (χ4n) is 2.24. The van der Waals surface area contributed by atoms with Crippen molar-refractivity contribution in [3.63, 3.8) is 0 Å². The molecule has 0 saturated heterocycles. The quantitative estimate of drug-likeness (QED) is 0.628. The fourth-order valence-corrected chi connectivity index (χ4v) is 3.06. The van der Waals surface area contributed by atoms with Gasteiger partial charge >= 0.3 is 0 Å². The van der Waals surface area contributed by atoms with Crippen LogP contribution in [0.2, 0.25) is 0 Å². The van der Waals surface area contributed by atoms with Crippen LogP contribution in [0.4, 0.5) is 8.78 Å². The van der Waals surface area contributed by atoms with E-state index in [2.05, 4.69) is 9.82 Å². The van der Waals surface area contributed by atoms with Crippen LogP contribution in [-0.4, -0.2) is 24.9 Å². The van der Waals surface area contributed by atoms with E-state index in [1.807, 2.05) is 0 Å². The van der Waals surface area contributed by atoms with Gasteiger partial charge in [-0.15, -0.1) is 4.72 Å². The van der Waals surface area contributed by atoms with Crippen LogP contribution in [-0.2, 0) is 18.4 Å². The molecule has 0 radical (unpaired) electrons. The predicted molar refractivity (Wildman–Crippen MR) is 92.3 cm³/mol. The van der Waals surface area contributed by atoms with Gasteiger partial charge in [0.1, 0.15) is 22.1 Å². The van der Waals surface area contributed by atoms with Crippen LogP contribution in [0.25, 0.3) is 0 Å². The van der Waals surface area contributed by atoms with Gasteiger partial charge in [0.2, 0.25) is 0 Å². The van der Waals surface area contributed by atoms with Gasteiger partial charge in [-0.05, 0) is 32.9 Å². The lowest BCUT2D eigenvalue weighted by atomic mass is 10.0. The zero-order chi connectivity index (χ0) is 18.8. The molecule has 1 heterocycles. The number of halogens is 2. The highest BCUT2D eigenvalue weighted by Crippen LogP contribution is 2.26. The van der Waals surface area contributed by atoms with Crippen LogP contribution in [0.15, 0.2) is 30.5 Å². The predicted octanol–water partition coefficient (Wildman–Crippen LogP) is 3.06. The van der Waals surface area contributed by atoms with Crippen molar-refractivity contribution >= 4 is 17.1 Å². The van der Waals surface area contributed by atoms with Gasteiger partial charge in [-0.2, -0.15) is 5.10 Å². The maximum atomic E-state index is 14.2. The summed E-state index contributed by atoms with van der Waals surface area (Å²) in [4.78, 5) is 12.5. The van der Waals surface area contributed by atoms with Gasteiger partial charge in [0.05, 0.1) is 6.04 Å². The van der Waals surface area contributed by atoms with Crippen LogP contribution in [0.3, 0.4) is 0 Å². The molecule has 5 nitrogen and oxygen atoms in total. The monoisotopic (exact) mass is 369 g/mol. The minimum atomic E-state index is -1.54. The van der Waals surface area contributed by atoms with Crippen molar-refractivity contribution in [2.45, 2.75) is 38.0 Å². The molecule has 0 aliphatic rings. The van der Waals surface area contributed by atoms with Crippen molar-refractivity contribution in [3.05, 3.63) is 53.4 Å². The Balaban J connectivity index is 2.31. The highest BCUT2D eigenvalue weighted by Gasteiger charge is 2.32. The average Bonchev–Trinajstić information content (AvgIpc) is 2.91. The Bertz CT molecular complexity index is 759. The zero-order valence-electron chi connectivity index (χ0n) is 14.5. The van der Waals surface area contributed by atoms with Crippen molar-refractivity contribution in [2.24, 2.45) is 7.05 Å². The first-order valence-electron chi connectivity index (χ1n) is 7.74. The molecule has 0 aliphatic heterocycles. The largest absolute Gasteiger partial charge is 0.598 e. The molecule has 0 saturated carbocycles. The lowest BCUT2D eigenvalue weighted by Gasteiger charge is -2.28. The number of ketones is 1. The second kappa shape index (κ2) is 7.63. The summed E-state index contributed by atoms with van der Waals surface area (Å²) in [5.41, 5.74) is 0.449. The van der Waals surface area contributed by atoms with E-state index in [0.29, 0.717) is 5.69 Å². The van der Waals surface area contributed by atoms with Crippen LogP contribution in [0.1, 0.15) is 49.3 Å². The van der Waals surface area contributed by atoms with Crippen molar-refractivity contribution < 1.29 is 18.1 Å². The summed E-state index contributed by atoms with van der Waals surface area (Å²) in [6, 6.07) is 3.82. The van der Waals surface area contributed by atoms with Crippen molar-refractivity contribution in [1.29, 1.82) is 0 Å². The van der Waals surface area contributed by atoms with Crippen molar-refractivity contribution in [1.82, 2.24) is 14.5 Å². The van der Waals surface area contributed by atoms with E-state index in [1.54, 1.807) is 33.9 Å². The Hall–Kier alpha value is -1.77. The van der Waals surface area contributed by atoms with Gasteiger partial charge in [-0.25, -0.2) is 8.78 Å². The van der Waals surface area contributed by atoms with Crippen LogP contribution < -0.4 is 4.72 Å². The molecular weight excluding hydrogens is 348 g/mol. The normalized spacial score (nSPS) is 14.4. The minimum absolute atomic E-state index is 0.0921. The smallest absolute Gasteiger partial charge is 0.182 e. The van der Waals surface area contributed by atoms with Gasteiger partial charge in [0.15, 0.2) is 5.78 Å². The summed E-state index contributed by atoms with van der Waals surface area (Å²) < 4.78 is 43.5. The Kier molecular flexibility index (Phi) is 5.97. The Morgan fingerprint density at radius 2 is 2.04 bits per heavy atom. The number of carbonyl (C=O) groups is 1. The average molecular weight is 369 g/mol. The molecule has 136 valence electrons. The van der Waals surface area contributed by atoms with Crippen LogP contribution >= 0.6 is 0 Å². The minimum Gasteiger partial charge on any atom is -0.598 e. The van der Waals surface area contributed by atoms with E-state index >= 15 is 0 Å². The van der Waals surface area contributed by atoms with Crippen LogP contribution in [0, 0.1) is 11.6 Å². The fraction of sp³-hybridized carbons (Fsp3) is 0.412. The second-order valence-electron chi connectivity index (χ2n) is 6.68. The molecular formula is C17H21F2N3O2S. The van der Waals surface area contributed by atoms with E-state index in [9.17, 15) is 18.1 Å². The first-order valence-corrected chi connectivity index (χ1v) is 8.89. The topological polar surface area (TPSA) is 70.0 Å². The third-order valence-corrected chi connectivity index (χ3v) is 5.25. The van der Waals surface area contributed by atoms with Gasteiger partial charge in [-0.1, -0.05) is 6.07 Å². The van der Waals surface area contributed by atoms with Crippen LogP contribution in [0.5, 0.6) is 0 Å². The number of hydrogen-bond donors (Lipinski definition) is 1. The molecule has 0 fully saturated rings. The maximum absolute atomic E-state index is 14.2. The van der Waals surface area contributed by atoms with Gasteiger partial charge in [-0.3, -0.25) is 9.48 Å². The highest BCUT2D eigenvalue weighted by atomic mass is 32.2. The van der Waals surface area contributed by atoms with E-state index < -0.39 is 33.8 Å². The molecule has 2 atom stereocenters. The maximum Gasteiger partial charge on any atom is 0.182 e. The summed E-state index contributed by atoms with van der Waals surface area (Å²) in [6.45, 7) is 5.28. The second-order valence-corrected chi connectivity index (χ2v) is 8.68. The summed E-state index contributed by atoms with van der Waals surface area (Å²) in [5.74, 6) is -1.79. The molecule has 2 unspecified atom stereocenters.